The van der Waals surface area contributed by atoms with E-state index in [0.29, 0.717) is 5.56 Å². The third-order valence-corrected chi connectivity index (χ3v) is 4.53. The van der Waals surface area contributed by atoms with Crippen LogP contribution in [0.25, 0.3) is 22.3 Å². The molecule has 0 fully saturated rings. The first kappa shape index (κ1) is 18.4. The van der Waals surface area contributed by atoms with Crippen LogP contribution in [-0.2, 0) is 6.61 Å². The Morgan fingerprint density at radius 2 is 1.59 bits per heavy atom. The Labute approximate surface area is 166 Å². The highest BCUT2D eigenvalue weighted by atomic mass is 16.5. The number of ether oxygens (including phenoxy) is 2. The van der Waals surface area contributed by atoms with E-state index in [1.54, 1.807) is 24.3 Å². The Balaban J connectivity index is 1.87. The van der Waals surface area contributed by atoms with Gasteiger partial charge in [-0.15, -0.1) is 0 Å². The highest BCUT2D eigenvalue weighted by molar-refractivity contribution is 5.91. The van der Waals surface area contributed by atoms with Gasteiger partial charge in [-0.2, -0.15) is 0 Å². The van der Waals surface area contributed by atoms with Crippen LogP contribution in [0, 0.1) is 0 Å². The van der Waals surface area contributed by atoms with Gasteiger partial charge in [-0.25, -0.2) is 0 Å². The second kappa shape index (κ2) is 7.59. The fourth-order valence-corrected chi connectivity index (χ4v) is 3.11. The van der Waals surface area contributed by atoms with Gasteiger partial charge in [0.15, 0.2) is 17.3 Å². The summed E-state index contributed by atoms with van der Waals surface area (Å²) in [6.45, 7) is 0.232. The van der Waals surface area contributed by atoms with Gasteiger partial charge in [-0.05, 0) is 5.56 Å². The monoisotopic (exact) mass is 390 g/mol. The Morgan fingerprint density at radius 3 is 2.24 bits per heavy atom. The average molecular weight is 390 g/mol. The fourth-order valence-electron chi connectivity index (χ4n) is 3.11. The van der Waals surface area contributed by atoms with Crippen molar-refractivity contribution in [3.05, 3.63) is 82.5 Å². The standard InChI is InChI=1S/C23H18O6/c1-27-23-17(28-13-14-8-4-2-5-9-14)12-16-18(20(23)25)19(24)21(26)22(29-16)15-10-6-3-7-11-15/h2-12,25-26H,13H2,1H3. The van der Waals surface area contributed by atoms with Crippen LogP contribution < -0.4 is 14.9 Å². The van der Waals surface area contributed by atoms with Crippen LogP contribution >= 0.6 is 0 Å². The molecule has 4 rings (SSSR count). The van der Waals surface area contributed by atoms with Gasteiger partial charge in [-0.1, -0.05) is 60.7 Å². The molecule has 0 atom stereocenters. The molecule has 1 heterocycles. The molecule has 0 unspecified atom stereocenters. The van der Waals surface area contributed by atoms with Crippen molar-refractivity contribution in [2.45, 2.75) is 6.61 Å². The van der Waals surface area contributed by atoms with Crippen LogP contribution in [0.5, 0.6) is 23.0 Å². The van der Waals surface area contributed by atoms with Gasteiger partial charge in [0.1, 0.15) is 17.6 Å². The van der Waals surface area contributed by atoms with E-state index in [0.717, 1.165) is 5.56 Å². The first-order valence-electron chi connectivity index (χ1n) is 8.92. The van der Waals surface area contributed by atoms with Crippen LogP contribution in [0.1, 0.15) is 5.56 Å². The molecule has 0 saturated carbocycles. The molecular weight excluding hydrogens is 372 g/mol. The summed E-state index contributed by atoms with van der Waals surface area (Å²) in [6.07, 6.45) is 0. The first-order chi connectivity index (χ1) is 14.1. The van der Waals surface area contributed by atoms with E-state index in [1.807, 2.05) is 36.4 Å². The van der Waals surface area contributed by atoms with Crippen molar-refractivity contribution in [1.82, 2.24) is 0 Å². The van der Waals surface area contributed by atoms with Gasteiger partial charge in [-0.3, -0.25) is 4.79 Å². The van der Waals surface area contributed by atoms with Crippen molar-refractivity contribution < 1.29 is 24.1 Å². The molecule has 0 aliphatic heterocycles. The summed E-state index contributed by atoms with van der Waals surface area (Å²) >= 11 is 0. The Morgan fingerprint density at radius 1 is 0.931 bits per heavy atom. The molecule has 0 saturated heterocycles. The molecule has 6 heteroatoms. The number of phenolic OH excluding ortho intramolecular Hbond substituents is 1. The third kappa shape index (κ3) is 3.36. The first-order valence-corrected chi connectivity index (χ1v) is 8.92. The van der Waals surface area contributed by atoms with E-state index in [9.17, 15) is 15.0 Å². The summed E-state index contributed by atoms with van der Waals surface area (Å²) in [7, 11) is 1.36. The summed E-state index contributed by atoms with van der Waals surface area (Å²) in [6, 6.07) is 19.7. The Kier molecular flexibility index (Phi) is 4.83. The molecule has 29 heavy (non-hydrogen) atoms. The molecule has 2 N–H and O–H groups in total. The Bertz CT molecular complexity index is 1210. The number of fused-ring (bicyclic) bond motifs is 1. The van der Waals surface area contributed by atoms with Gasteiger partial charge in [0.25, 0.3) is 0 Å². The summed E-state index contributed by atoms with van der Waals surface area (Å²) < 4.78 is 16.8. The lowest BCUT2D eigenvalue weighted by atomic mass is 10.1. The fraction of sp³-hybridized carbons (Fsp3) is 0.0870. The van der Waals surface area contributed by atoms with E-state index in [-0.39, 0.29) is 34.8 Å². The zero-order valence-corrected chi connectivity index (χ0v) is 15.6. The molecule has 0 bridgehead atoms. The molecular formula is C23H18O6. The van der Waals surface area contributed by atoms with Gasteiger partial charge < -0.3 is 24.1 Å². The maximum Gasteiger partial charge on any atom is 0.238 e. The predicted molar refractivity (Wildman–Crippen MR) is 109 cm³/mol. The minimum atomic E-state index is -0.754. The second-order valence-electron chi connectivity index (χ2n) is 6.38. The molecule has 1 aromatic heterocycles. The van der Waals surface area contributed by atoms with Crippen LogP contribution in [0.4, 0.5) is 0 Å². The minimum Gasteiger partial charge on any atom is -0.504 e. The number of aromatic hydroxyl groups is 2. The van der Waals surface area contributed by atoms with Gasteiger partial charge >= 0.3 is 0 Å². The number of hydrogen-bond acceptors (Lipinski definition) is 6. The molecule has 0 spiro atoms. The van der Waals surface area contributed by atoms with Crippen molar-refractivity contribution >= 4 is 11.0 Å². The number of phenols is 1. The Hall–Kier alpha value is -3.93. The third-order valence-electron chi connectivity index (χ3n) is 4.53. The summed E-state index contributed by atoms with van der Waals surface area (Å²) in [5.41, 5.74) is 0.779. The lowest BCUT2D eigenvalue weighted by Gasteiger charge is -2.14. The number of methoxy groups -OCH3 is 1. The van der Waals surface area contributed by atoms with Crippen LogP contribution in [0.15, 0.2) is 75.9 Å². The minimum absolute atomic E-state index is 0.00686. The molecule has 6 nitrogen and oxygen atoms in total. The van der Waals surface area contributed by atoms with E-state index in [2.05, 4.69) is 0 Å². The SMILES string of the molecule is COc1c(OCc2ccccc2)cc2oc(-c3ccccc3)c(O)c(=O)c2c1O. The highest BCUT2D eigenvalue weighted by Gasteiger charge is 2.23. The number of rotatable bonds is 5. The molecule has 0 radical (unpaired) electrons. The van der Waals surface area contributed by atoms with Gasteiger partial charge in [0, 0.05) is 11.6 Å². The van der Waals surface area contributed by atoms with Crippen LogP contribution in [0.2, 0.25) is 0 Å². The quantitative estimate of drug-likeness (QED) is 0.523. The van der Waals surface area contributed by atoms with E-state index >= 15 is 0 Å². The molecule has 3 aromatic carbocycles. The summed E-state index contributed by atoms with van der Waals surface area (Å²) in [5.74, 6) is -0.806. The average Bonchev–Trinajstić information content (AvgIpc) is 2.76. The number of hydrogen-bond donors (Lipinski definition) is 2. The molecule has 4 aromatic rings. The zero-order chi connectivity index (χ0) is 20.4. The van der Waals surface area contributed by atoms with Crippen molar-refractivity contribution in [3.63, 3.8) is 0 Å². The molecule has 0 amide bonds. The topological polar surface area (TPSA) is 89.1 Å². The van der Waals surface area contributed by atoms with Crippen molar-refractivity contribution in [2.75, 3.05) is 7.11 Å². The van der Waals surface area contributed by atoms with Crippen LogP contribution in [0.3, 0.4) is 0 Å². The second-order valence-corrected chi connectivity index (χ2v) is 6.38. The normalized spacial score (nSPS) is 10.8. The maximum atomic E-state index is 12.7. The zero-order valence-electron chi connectivity index (χ0n) is 15.6. The van der Waals surface area contributed by atoms with Crippen LogP contribution in [-0.4, -0.2) is 17.3 Å². The summed E-state index contributed by atoms with van der Waals surface area (Å²) in [5, 5.41) is 20.8. The molecule has 0 aliphatic rings. The largest absolute Gasteiger partial charge is 0.504 e. The van der Waals surface area contributed by atoms with E-state index in [4.69, 9.17) is 13.9 Å². The van der Waals surface area contributed by atoms with Gasteiger partial charge in [0.05, 0.1) is 7.11 Å². The molecule has 146 valence electrons. The van der Waals surface area contributed by atoms with Crippen molar-refractivity contribution in [1.29, 1.82) is 0 Å². The lowest BCUT2D eigenvalue weighted by molar-refractivity contribution is 0.278. The van der Waals surface area contributed by atoms with Crippen molar-refractivity contribution in [3.8, 4) is 34.3 Å². The van der Waals surface area contributed by atoms with E-state index in [1.165, 1.54) is 13.2 Å². The lowest BCUT2D eigenvalue weighted by Crippen LogP contribution is -2.05. The summed E-state index contributed by atoms with van der Waals surface area (Å²) in [4.78, 5) is 12.7. The van der Waals surface area contributed by atoms with Gasteiger partial charge in [0.2, 0.25) is 16.9 Å². The smallest absolute Gasteiger partial charge is 0.238 e. The maximum absolute atomic E-state index is 12.7. The van der Waals surface area contributed by atoms with E-state index < -0.39 is 16.9 Å². The highest BCUT2D eigenvalue weighted by Crippen LogP contribution is 2.43. The number of benzene rings is 3. The predicted octanol–water partition coefficient (Wildman–Crippen LogP) is 4.46. The van der Waals surface area contributed by atoms with Crippen molar-refractivity contribution in [2.24, 2.45) is 0 Å². The molecule has 0 aliphatic carbocycles.